The number of hydrogen-bond acceptors (Lipinski definition) is 2. The Labute approximate surface area is 110 Å². The Bertz CT molecular complexity index is 572. The van der Waals surface area contributed by atoms with Gasteiger partial charge in [0.15, 0.2) is 11.6 Å². The van der Waals surface area contributed by atoms with Crippen molar-refractivity contribution in [2.75, 3.05) is 0 Å². The predicted molar refractivity (Wildman–Crippen MR) is 70.1 cm³/mol. The average molecular weight is 263 g/mol. The molecule has 0 aromatic heterocycles. The summed E-state index contributed by atoms with van der Waals surface area (Å²) < 4.78 is 32.1. The number of ether oxygens (including phenoxy) is 1. The van der Waals surface area contributed by atoms with Gasteiger partial charge in [0.25, 0.3) is 0 Å². The summed E-state index contributed by atoms with van der Waals surface area (Å²) in [6.07, 6.45) is 0.728. The Hall–Kier alpha value is -1.94. The Kier molecular flexibility index (Phi) is 4.12. The van der Waals surface area contributed by atoms with E-state index in [-0.39, 0.29) is 11.8 Å². The number of benzene rings is 2. The van der Waals surface area contributed by atoms with Crippen LogP contribution in [-0.4, -0.2) is 0 Å². The third-order valence-corrected chi connectivity index (χ3v) is 2.89. The standard InChI is InChI=1S/C15H15F2NO/c1-2-12(18)10-6-3-4-8-13(10)19-14-9-5-7-11(16)15(14)17/h3-9,12H,2,18H2,1H3/t12-/m0/s1. The van der Waals surface area contributed by atoms with Crippen LogP contribution in [0.1, 0.15) is 24.9 Å². The average Bonchev–Trinajstić information content (AvgIpc) is 2.43. The number of hydrogen-bond donors (Lipinski definition) is 1. The van der Waals surface area contributed by atoms with Crippen LogP contribution in [0.5, 0.6) is 11.5 Å². The van der Waals surface area contributed by atoms with E-state index in [1.165, 1.54) is 12.1 Å². The second-order valence-corrected chi connectivity index (χ2v) is 4.21. The molecule has 19 heavy (non-hydrogen) atoms. The van der Waals surface area contributed by atoms with Gasteiger partial charge in [-0.15, -0.1) is 0 Å². The fourth-order valence-corrected chi connectivity index (χ4v) is 1.78. The maximum Gasteiger partial charge on any atom is 0.201 e. The zero-order valence-electron chi connectivity index (χ0n) is 10.6. The third-order valence-electron chi connectivity index (χ3n) is 2.89. The van der Waals surface area contributed by atoms with E-state index in [0.717, 1.165) is 18.1 Å². The molecule has 1 atom stereocenters. The van der Waals surface area contributed by atoms with Crippen molar-refractivity contribution < 1.29 is 13.5 Å². The molecule has 0 unspecified atom stereocenters. The molecule has 0 saturated carbocycles. The van der Waals surface area contributed by atoms with Gasteiger partial charge in [0, 0.05) is 11.6 Å². The highest BCUT2D eigenvalue weighted by Crippen LogP contribution is 2.31. The summed E-state index contributed by atoms with van der Waals surface area (Å²) in [7, 11) is 0. The molecule has 0 aliphatic rings. The fraction of sp³-hybridized carbons (Fsp3) is 0.200. The molecule has 2 aromatic rings. The van der Waals surface area contributed by atoms with Gasteiger partial charge in [0.1, 0.15) is 5.75 Å². The van der Waals surface area contributed by atoms with Crippen molar-refractivity contribution in [3.05, 3.63) is 59.7 Å². The predicted octanol–water partition coefficient (Wildman–Crippen LogP) is 4.17. The van der Waals surface area contributed by atoms with Gasteiger partial charge in [0.05, 0.1) is 0 Å². The van der Waals surface area contributed by atoms with Crippen LogP contribution >= 0.6 is 0 Å². The summed E-state index contributed by atoms with van der Waals surface area (Å²) in [4.78, 5) is 0. The summed E-state index contributed by atoms with van der Waals surface area (Å²) in [5.74, 6) is -1.63. The topological polar surface area (TPSA) is 35.2 Å². The normalized spacial score (nSPS) is 12.2. The van der Waals surface area contributed by atoms with Gasteiger partial charge in [0.2, 0.25) is 5.82 Å². The third kappa shape index (κ3) is 2.90. The zero-order chi connectivity index (χ0) is 13.8. The molecule has 2 N–H and O–H groups in total. The van der Waals surface area contributed by atoms with Crippen LogP contribution in [0.15, 0.2) is 42.5 Å². The molecule has 0 aliphatic heterocycles. The summed E-state index contributed by atoms with van der Waals surface area (Å²) in [6, 6.07) is 10.7. The van der Waals surface area contributed by atoms with E-state index in [1.54, 1.807) is 12.1 Å². The van der Waals surface area contributed by atoms with Crippen molar-refractivity contribution >= 4 is 0 Å². The first-order valence-electron chi connectivity index (χ1n) is 6.09. The molecule has 4 heteroatoms. The van der Waals surface area contributed by atoms with E-state index in [1.807, 2.05) is 19.1 Å². The van der Waals surface area contributed by atoms with Crippen molar-refractivity contribution in [2.24, 2.45) is 5.73 Å². The number of halogens is 2. The van der Waals surface area contributed by atoms with Gasteiger partial charge in [-0.25, -0.2) is 4.39 Å². The molecular weight excluding hydrogens is 248 g/mol. The molecule has 100 valence electrons. The highest BCUT2D eigenvalue weighted by molar-refractivity contribution is 5.40. The van der Waals surface area contributed by atoms with Gasteiger partial charge in [-0.1, -0.05) is 31.2 Å². The molecule has 0 fully saturated rings. The van der Waals surface area contributed by atoms with Crippen molar-refractivity contribution in [3.63, 3.8) is 0 Å². The van der Waals surface area contributed by atoms with Gasteiger partial charge >= 0.3 is 0 Å². The second kappa shape index (κ2) is 5.80. The van der Waals surface area contributed by atoms with E-state index >= 15 is 0 Å². The molecular formula is C15H15F2NO. The summed E-state index contributed by atoms with van der Waals surface area (Å²) >= 11 is 0. The van der Waals surface area contributed by atoms with Gasteiger partial charge in [-0.2, -0.15) is 4.39 Å². The maximum absolute atomic E-state index is 13.6. The Morgan fingerprint density at radius 3 is 2.47 bits per heavy atom. The molecule has 0 amide bonds. The molecule has 2 aromatic carbocycles. The first-order valence-corrected chi connectivity index (χ1v) is 6.09. The minimum Gasteiger partial charge on any atom is -0.454 e. The van der Waals surface area contributed by atoms with Crippen molar-refractivity contribution in [1.82, 2.24) is 0 Å². The lowest BCUT2D eigenvalue weighted by atomic mass is 10.0. The second-order valence-electron chi connectivity index (χ2n) is 4.21. The molecule has 0 bridgehead atoms. The number of rotatable bonds is 4. The SMILES string of the molecule is CC[C@H](N)c1ccccc1Oc1cccc(F)c1F. The Morgan fingerprint density at radius 2 is 1.74 bits per heavy atom. The Morgan fingerprint density at radius 1 is 1.05 bits per heavy atom. The number of nitrogens with two attached hydrogens (primary N) is 1. The van der Waals surface area contributed by atoms with Crippen LogP contribution in [0.2, 0.25) is 0 Å². The van der Waals surface area contributed by atoms with Crippen molar-refractivity contribution in [3.8, 4) is 11.5 Å². The monoisotopic (exact) mass is 263 g/mol. The highest BCUT2D eigenvalue weighted by atomic mass is 19.2. The van der Waals surface area contributed by atoms with Crippen LogP contribution in [0.3, 0.4) is 0 Å². The lowest BCUT2D eigenvalue weighted by Crippen LogP contribution is -2.10. The largest absolute Gasteiger partial charge is 0.454 e. The van der Waals surface area contributed by atoms with Crippen LogP contribution in [0.4, 0.5) is 8.78 Å². The minimum atomic E-state index is -0.998. The van der Waals surface area contributed by atoms with Crippen LogP contribution in [-0.2, 0) is 0 Å². The zero-order valence-corrected chi connectivity index (χ0v) is 10.6. The van der Waals surface area contributed by atoms with E-state index < -0.39 is 11.6 Å². The van der Waals surface area contributed by atoms with Crippen molar-refractivity contribution in [2.45, 2.75) is 19.4 Å². The molecule has 2 nitrogen and oxygen atoms in total. The summed E-state index contributed by atoms with van der Waals surface area (Å²) in [5.41, 5.74) is 6.74. The molecule has 0 spiro atoms. The molecule has 0 heterocycles. The highest BCUT2D eigenvalue weighted by Gasteiger charge is 2.14. The molecule has 0 aliphatic carbocycles. The summed E-state index contributed by atoms with van der Waals surface area (Å²) in [5, 5.41) is 0. The van der Waals surface area contributed by atoms with E-state index in [2.05, 4.69) is 0 Å². The maximum atomic E-state index is 13.6. The van der Waals surface area contributed by atoms with Gasteiger partial charge in [-0.05, 0) is 24.6 Å². The van der Waals surface area contributed by atoms with Crippen LogP contribution < -0.4 is 10.5 Å². The van der Waals surface area contributed by atoms with E-state index in [0.29, 0.717) is 5.75 Å². The molecule has 2 rings (SSSR count). The van der Waals surface area contributed by atoms with Crippen LogP contribution in [0, 0.1) is 11.6 Å². The van der Waals surface area contributed by atoms with Crippen molar-refractivity contribution in [1.29, 1.82) is 0 Å². The first-order chi connectivity index (χ1) is 9.13. The smallest absolute Gasteiger partial charge is 0.201 e. The lowest BCUT2D eigenvalue weighted by Gasteiger charge is -2.15. The minimum absolute atomic E-state index is 0.143. The van der Waals surface area contributed by atoms with Gasteiger partial charge in [-0.3, -0.25) is 0 Å². The lowest BCUT2D eigenvalue weighted by molar-refractivity contribution is 0.410. The summed E-state index contributed by atoms with van der Waals surface area (Å²) in [6.45, 7) is 1.95. The van der Waals surface area contributed by atoms with Gasteiger partial charge < -0.3 is 10.5 Å². The quantitative estimate of drug-likeness (QED) is 0.898. The fourth-order valence-electron chi connectivity index (χ4n) is 1.78. The van der Waals surface area contributed by atoms with E-state index in [9.17, 15) is 8.78 Å². The molecule has 0 radical (unpaired) electrons. The van der Waals surface area contributed by atoms with E-state index in [4.69, 9.17) is 10.5 Å². The number of para-hydroxylation sites is 1. The van der Waals surface area contributed by atoms with Crippen LogP contribution in [0.25, 0.3) is 0 Å². The molecule has 0 saturated heterocycles. The Balaban J connectivity index is 2.36. The first kappa shape index (κ1) is 13.5.